The lowest BCUT2D eigenvalue weighted by molar-refractivity contribution is 0.0956. The van der Waals surface area contributed by atoms with Crippen molar-refractivity contribution < 1.29 is 4.79 Å². The first kappa shape index (κ1) is 15.3. The van der Waals surface area contributed by atoms with Crippen LogP contribution in [0.5, 0.6) is 0 Å². The maximum absolute atomic E-state index is 11.8. The van der Waals surface area contributed by atoms with Crippen LogP contribution in [0.2, 0.25) is 0 Å². The molecule has 0 aromatic heterocycles. The zero-order valence-electron chi connectivity index (χ0n) is 12.3. The van der Waals surface area contributed by atoms with Gasteiger partial charge in [0.2, 0.25) is 0 Å². The predicted molar refractivity (Wildman–Crippen MR) is 81.4 cm³/mol. The smallest absolute Gasteiger partial charge is 0.251 e. The van der Waals surface area contributed by atoms with Gasteiger partial charge in [0.15, 0.2) is 0 Å². The van der Waals surface area contributed by atoms with Crippen molar-refractivity contribution in [1.29, 1.82) is 0 Å². The standard InChI is InChI=1S/C15H25N3O/c1-5-13(10(3)4)18-14-9-11(7-8-12(14)16)15(19)17-6-2/h7-10,13,18H,5-6,16H2,1-4H3,(H,17,19). The van der Waals surface area contributed by atoms with Crippen LogP contribution in [0.4, 0.5) is 11.4 Å². The van der Waals surface area contributed by atoms with E-state index in [0.29, 0.717) is 29.8 Å². The minimum Gasteiger partial charge on any atom is -0.397 e. The lowest BCUT2D eigenvalue weighted by atomic mass is 10.0. The molecule has 0 fully saturated rings. The van der Waals surface area contributed by atoms with Crippen LogP contribution in [0.15, 0.2) is 18.2 Å². The van der Waals surface area contributed by atoms with E-state index in [-0.39, 0.29) is 5.91 Å². The molecule has 0 bridgehead atoms. The quantitative estimate of drug-likeness (QED) is 0.691. The summed E-state index contributed by atoms with van der Waals surface area (Å²) < 4.78 is 0. The number of nitrogens with one attached hydrogen (secondary N) is 2. The second-order valence-electron chi connectivity index (χ2n) is 5.06. The van der Waals surface area contributed by atoms with Gasteiger partial charge in [-0.3, -0.25) is 4.79 Å². The molecule has 1 unspecified atom stereocenters. The SMILES string of the molecule is CCNC(=O)c1ccc(N)c(NC(CC)C(C)C)c1. The van der Waals surface area contributed by atoms with Crippen LogP contribution in [-0.4, -0.2) is 18.5 Å². The van der Waals surface area contributed by atoms with Gasteiger partial charge in [0.05, 0.1) is 11.4 Å². The van der Waals surface area contributed by atoms with E-state index in [1.54, 1.807) is 12.1 Å². The van der Waals surface area contributed by atoms with Crippen molar-refractivity contribution in [2.24, 2.45) is 5.92 Å². The Balaban J connectivity index is 2.94. The number of benzene rings is 1. The molecule has 4 heteroatoms. The molecular weight excluding hydrogens is 238 g/mol. The fourth-order valence-corrected chi connectivity index (χ4v) is 2.03. The monoisotopic (exact) mass is 263 g/mol. The number of amides is 1. The minimum absolute atomic E-state index is 0.0665. The van der Waals surface area contributed by atoms with Crippen molar-refractivity contribution in [1.82, 2.24) is 5.32 Å². The van der Waals surface area contributed by atoms with Crippen molar-refractivity contribution in [2.75, 3.05) is 17.6 Å². The highest BCUT2D eigenvalue weighted by Gasteiger charge is 2.13. The Hall–Kier alpha value is -1.71. The van der Waals surface area contributed by atoms with E-state index in [4.69, 9.17) is 5.73 Å². The van der Waals surface area contributed by atoms with Crippen molar-refractivity contribution in [3.05, 3.63) is 23.8 Å². The molecule has 0 saturated heterocycles. The summed E-state index contributed by atoms with van der Waals surface area (Å²) in [7, 11) is 0. The fraction of sp³-hybridized carbons (Fsp3) is 0.533. The van der Waals surface area contributed by atoms with Gasteiger partial charge in [-0.2, -0.15) is 0 Å². The molecule has 0 heterocycles. The Morgan fingerprint density at radius 1 is 1.32 bits per heavy atom. The number of hydrogen-bond donors (Lipinski definition) is 3. The molecule has 1 aromatic carbocycles. The number of hydrogen-bond acceptors (Lipinski definition) is 3. The summed E-state index contributed by atoms with van der Waals surface area (Å²) in [6, 6.07) is 5.71. The molecule has 0 aliphatic rings. The summed E-state index contributed by atoms with van der Waals surface area (Å²) in [5.41, 5.74) is 8.12. The Morgan fingerprint density at radius 2 is 2.00 bits per heavy atom. The molecule has 4 nitrogen and oxygen atoms in total. The highest BCUT2D eigenvalue weighted by Crippen LogP contribution is 2.23. The van der Waals surface area contributed by atoms with Gasteiger partial charge in [-0.05, 0) is 37.5 Å². The minimum atomic E-state index is -0.0665. The van der Waals surface area contributed by atoms with Crippen molar-refractivity contribution in [3.8, 4) is 0 Å². The van der Waals surface area contributed by atoms with Crippen LogP contribution in [-0.2, 0) is 0 Å². The maximum Gasteiger partial charge on any atom is 0.251 e. The number of rotatable bonds is 6. The first-order valence-corrected chi connectivity index (χ1v) is 6.93. The number of carbonyl (C=O) groups is 1. The summed E-state index contributed by atoms with van der Waals surface area (Å²) in [6.07, 6.45) is 1.02. The van der Waals surface area contributed by atoms with Gasteiger partial charge in [-0.15, -0.1) is 0 Å². The molecule has 0 aliphatic carbocycles. The highest BCUT2D eigenvalue weighted by atomic mass is 16.1. The Kier molecular flexibility index (Phi) is 5.67. The molecule has 19 heavy (non-hydrogen) atoms. The number of carbonyl (C=O) groups excluding carboxylic acids is 1. The van der Waals surface area contributed by atoms with Gasteiger partial charge >= 0.3 is 0 Å². The second-order valence-corrected chi connectivity index (χ2v) is 5.06. The van der Waals surface area contributed by atoms with Gasteiger partial charge in [-0.1, -0.05) is 20.8 Å². The zero-order valence-corrected chi connectivity index (χ0v) is 12.3. The summed E-state index contributed by atoms with van der Waals surface area (Å²) in [6.45, 7) is 9.01. The summed E-state index contributed by atoms with van der Waals surface area (Å²) >= 11 is 0. The van der Waals surface area contributed by atoms with Crippen LogP contribution in [0.3, 0.4) is 0 Å². The predicted octanol–water partition coefficient (Wildman–Crippen LogP) is 2.87. The lowest BCUT2D eigenvalue weighted by Gasteiger charge is -2.23. The van der Waals surface area contributed by atoms with E-state index in [2.05, 4.69) is 31.4 Å². The van der Waals surface area contributed by atoms with E-state index >= 15 is 0 Å². The molecule has 0 aliphatic heterocycles. The average molecular weight is 263 g/mol. The fourth-order valence-electron chi connectivity index (χ4n) is 2.03. The largest absolute Gasteiger partial charge is 0.397 e. The van der Waals surface area contributed by atoms with Crippen LogP contribution >= 0.6 is 0 Å². The number of anilines is 2. The molecule has 0 radical (unpaired) electrons. The van der Waals surface area contributed by atoms with E-state index < -0.39 is 0 Å². The number of nitrogen functional groups attached to an aromatic ring is 1. The first-order valence-electron chi connectivity index (χ1n) is 6.93. The average Bonchev–Trinajstić information content (AvgIpc) is 2.37. The number of nitrogens with two attached hydrogens (primary N) is 1. The van der Waals surface area contributed by atoms with E-state index in [1.807, 2.05) is 13.0 Å². The first-order chi connectivity index (χ1) is 8.99. The molecule has 1 atom stereocenters. The molecular formula is C15H25N3O. The second kappa shape index (κ2) is 7.02. The molecule has 4 N–H and O–H groups in total. The molecule has 1 amide bonds. The lowest BCUT2D eigenvalue weighted by Crippen LogP contribution is -2.26. The third-order valence-corrected chi connectivity index (χ3v) is 3.24. The topological polar surface area (TPSA) is 67.2 Å². The van der Waals surface area contributed by atoms with Crippen LogP contribution in [0.25, 0.3) is 0 Å². The normalized spacial score (nSPS) is 12.3. The van der Waals surface area contributed by atoms with E-state index in [0.717, 1.165) is 12.1 Å². The maximum atomic E-state index is 11.8. The van der Waals surface area contributed by atoms with Gasteiger partial charge < -0.3 is 16.4 Å². The van der Waals surface area contributed by atoms with Gasteiger partial charge in [0.1, 0.15) is 0 Å². The van der Waals surface area contributed by atoms with Gasteiger partial charge in [-0.25, -0.2) is 0 Å². The van der Waals surface area contributed by atoms with Gasteiger partial charge in [0.25, 0.3) is 5.91 Å². The molecule has 0 spiro atoms. The van der Waals surface area contributed by atoms with Crippen molar-refractivity contribution in [2.45, 2.75) is 40.2 Å². The Labute approximate surface area is 115 Å². The van der Waals surface area contributed by atoms with E-state index in [1.165, 1.54) is 0 Å². The Bertz CT molecular complexity index is 429. The van der Waals surface area contributed by atoms with E-state index in [9.17, 15) is 4.79 Å². The summed E-state index contributed by atoms with van der Waals surface area (Å²) in [5.74, 6) is 0.445. The zero-order chi connectivity index (χ0) is 14.4. The highest BCUT2D eigenvalue weighted by molar-refractivity contribution is 5.96. The molecule has 1 aromatic rings. The summed E-state index contributed by atoms with van der Waals surface area (Å²) in [4.78, 5) is 11.8. The third kappa shape index (κ3) is 4.16. The molecule has 1 rings (SSSR count). The van der Waals surface area contributed by atoms with Crippen molar-refractivity contribution in [3.63, 3.8) is 0 Å². The van der Waals surface area contributed by atoms with Crippen LogP contribution in [0.1, 0.15) is 44.5 Å². The molecule has 0 saturated carbocycles. The Morgan fingerprint density at radius 3 is 2.53 bits per heavy atom. The van der Waals surface area contributed by atoms with Gasteiger partial charge in [0, 0.05) is 18.2 Å². The van der Waals surface area contributed by atoms with Crippen molar-refractivity contribution >= 4 is 17.3 Å². The summed E-state index contributed by atoms with van der Waals surface area (Å²) in [5, 5.41) is 6.22. The van der Waals surface area contributed by atoms with Crippen LogP contribution < -0.4 is 16.4 Å². The third-order valence-electron chi connectivity index (χ3n) is 3.24. The molecule has 106 valence electrons. The van der Waals surface area contributed by atoms with Crippen LogP contribution in [0, 0.1) is 5.92 Å².